The highest BCUT2D eigenvalue weighted by atomic mass is 19.3. The third-order valence-electron chi connectivity index (χ3n) is 5.41. The number of nitrogens with zero attached hydrogens (tertiary/aromatic N) is 2. The highest BCUT2D eigenvalue weighted by Crippen LogP contribution is 2.29. The molecule has 2 fully saturated rings. The Hall–Kier alpha value is -2.09. The maximum absolute atomic E-state index is 12.9. The summed E-state index contributed by atoms with van der Waals surface area (Å²) >= 11 is 0. The number of guanidine groups is 1. The lowest BCUT2D eigenvalue weighted by Gasteiger charge is -2.33. The predicted octanol–water partition coefficient (Wildman–Crippen LogP) is 3.76. The number of ether oxygens (including phenoxy) is 2. The molecule has 0 amide bonds. The first kappa shape index (κ1) is 22.6. The second kappa shape index (κ2) is 11.3. The minimum absolute atomic E-state index is 0.107. The molecule has 1 aromatic rings. The number of benzene rings is 1. The van der Waals surface area contributed by atoms with E-state index >= 15 is 0 Å². The maximum Gasteiger partial charge on any atom is 0.387 e. The highest BCUT2D eigenvalue weighted by Gasteiger charge is 2.31. The Bertz CT molecular complexity index is 690. The van der Waals surface area contributed by atoms with E-state index in [1.807, 2.05) is 13.8 Å². The van der Waals surface area contributed by atoms with Crippen LogP contribution < -0.4 is 20.1 Å². The van der Waals surface area contributed by atoms with Crippen molar-refractivity contribution in [2.24, 2.45) is 4.99 Å². The van der Waals surface area contributed by atoms with E-state index in [0.29, 0.717) is 29.9 Å². The molecule has 1 saturated carbocycles. The average molecular weight is 425 g/mol. The second-order valence-corrected chi connectivity index (χ2v) is 7.88. The van der Waals surface area contributed by atoms with Gasteiger partial charge in [0.1, 0.15) is 11.5 Å². The molecule has 0 spiro atoms. The summed E-state index contributed by atoms with van der Waals surface area (Å²) in [5.74, 6) is 1.33. The molecule has 0 atom stereocenters. The Morgan fingerprint density at radius 3 is 2.60 bits per heavy atom. The van der Waals surface area contributed by atoms with E-state index in [4.69, 9.17) is 9.47 Å². The van der Waals surface area contributed by atoms with Crippen LogP contribution in [0.1, 0.15) is 51.5 Å². The largest absolute Gasteiger partial charge is 0.493 e. The van der Waals surface area contributed by atoms with Gasteiger partial charge < -0.3 is 25.0 Å². The van der Waals surface area contributed by atoms with E-state index in [1.165, 1.54) is 18.9 Å². The van der Waals surface area contributed by atoms with Gasteiger partial charge in [-0.05, 0) is 51.2 Å². The molecule has 1 aromatic carbocycles. The van der Waals surface area contributed by atoms with Crippen molar-refractivity contribution in [1.82, 2.24) is 15.5 Å². The summed E-state index contributed by atoms with van der Waals surface area (Å²) in [4.78, 5) is 7.20. The zero-order valence-electron chi connectivity index (χ0n) is 18.0. The molecular weight excluding hydrogens is 390 g/mol. The fourth-order valence-corrected chi connectivity index (χ4v) is 3.71. The molecule has 6 nitrogen and oxygen atoms in total. The molecule has 2 aliphatic rings. The van der Waals surface area contributed by atoms with Crippen LogP contribution in [0, 0.1) is 0 Å². The number of hydrogen-bond acceptors (Lipinski definition) is 4. The van der Waals surface area contributed by atoms with Gasteiger partial charge in [0.05, 0.1) is 13.2 Å². The molecule has 0 unspecified atom stereocenters. The fourth-order valence-electron chi connectivity index (χ4n) is 3.71. The monoisotopic (exact) mass is 424 g/mol. The first-order valence-electron chi connectivity index (χ1n) is 11.1. The summed E-state index contributed by atoms with van der Waals surface area (Å²) in [7, 11) is 0. The molecule has 0 aromatic heterocycles. The van der Waals surface area contributed by atoms with Gasteiger partial charge in [-0.15, -0.1) is 0 Å². The van der Waals surface area contributed by atoms with E-state index in [9.17, 15) is 8.78 Å². The van der Waals surface area contributed by atoms with Crippen LogP contribution in [0.3, 0.4) is 0 Å². The van der Waals surface area contributed by atoms with Gasteiger partial charge in [-0.2, -0.15) is 8.78 Å². The zero-order chi connectivity index (χ0) is 21.3. The Labute approximate surface area is 178 Å². The predicted molar refractivity (Wildman–Crippen MR) is 114 cm³/mol. The number of likely N-dealkylation sites (tertiary alicyclic amines) is 1. The van der Waals surface area contributed by atoms with Gasteiger partial charge in [-0.25, -0.2) is 4.99 Å². The Morgan fingerprint density at radius 2 is 1.97 bits per heavy atom. The molecule has 3 rings (SSSR count). The summed E-state index contributed by atoms with van der Waals surface area (Å²) in [6, 6.07) is 6.21. The number of halogens is 2. The van der Waals surface area contributed by atoms with Gasteiger partial charge in [0.2, 0.25) is 0 Å². The second-order valence-electron chi connectivity index (χ2n) is 7.88. The Balaban J connectivity index is 1.62. The molecule has 0 radical (unpaired) electrons. The van der Waals surface area contributed by atoms with Crippen molar-refractivity contribution in [2.75, 3.05) is 26.2 Å². The fraction of sp³-hybridized carbons (Fsp3) is 0.682. The van der Waals surface area contributed by atoms with Crippen LogP contribution in [-0.4, -0.2) is 55.8 Å². The van der Waals surface area contributed by atoms with Crippen LogP contribution in [0.2, 0.25) is 0 Å². The van der Waals surface area contributed by atoms with Crippen LogP contribution in [0.5, 0.6) is 11.5 Å². The molecule has 8 heteroatoms. The minimum Gasteiger partial charge on any atom is -0.493 e. The lowest BCUT2D eigenvalue weighted by atomic mass is 10.1. The average Bonchev–Trinajstić information content (AvgIpc) is 3.57. The maximum atomic E-state index is 12.9. The van der Waals surface area contributed by atoms with Crippen LogP contribution in [0.4, 0.5) is 8.78 Å². The molecular formula is C22H34F2N4O2. The van der Waals surface area contributed by atoms with Gasteiger partial charge in [0.25, 0.3) is 0 Å². The highest BCUT2D eigenvalue weighted by molar-refractivity contribution is 5.80. The lowest BCUT2D eigenvalue weighted by Crippen LogP contribution is -2.49. The van der Waals surface area contributed by atoms with Crippen molar-refractivity contribution in [3.05, 3.63) is 23.8 Å². The molecule has 2 N–H and O–H groups in total. The third-order valence-corrected chi connectivity index (χ3v) is 5.41. The Morgan fingerprint density at radius 1 is 1.20 bits per heavy atom. The molecule has 30 heavy (non-hydrogen) atoms. The number of aliphatic imine (C=N–C) groups is 1. The summed E-state index contributed by atoms with van der Waals surface area (Å²) in [5, 5.41) is 6.76. The topological polar surface area (TPSA) is 58.1 Å². The number of hydrogen-bond donors (Lipinski definition) is 2. The molecule has 1 saturated heterocycles. The van der Waals surface area contributed by atoms with Crippen LogP contribution >= 0.6 is 0 Å². The molecule has 1 aliphatic carbocycles. The van der Waals surface area contributed by atoms with Crippen molar-refractivity contribution in [3.8, 4) is 11.5 Å². The first-order chi connectivity index (χ1) is 14.6. The lowest BCUT2D eigenvalue weighted by molar-refractivity contribution is -0.0505. The van der Waals surface area contributed by atoms with E-state index < -0.39 is 6.61 Å². The number of alkyl halides is 2. The van der Waals surface area contributed by atoms with E-state index in [-0.39, 0.29) is 12.3 Å². The minimum atomic E-state index is -2.89. The van der Waals surface area contributed by atoms with Gasteiger partial charge in [0, 0.05) is 43.3 Å². The SMILES string of the molecule is CCCOc1ccc(CN=C(NCC)NC2CCN(C3CC3)CC2)c(OC(F)F)c1. The number of rotatable bonds is 10. The van der Waals surface area contributed by atoms with E-state index in [0.717, 1.165) is 44.9 Å². The van der Waals surface area contributed by atoms with Gasteiger partial charge >= 0.3 is 6.61 Å². The summed E-state index contributed by atoms with van der Waals surface area (Å²) < 4.78 is 36.0. The van der Waals surface area contributed by atoms with Crippen LogP contribution in [0.15, 0.2) is 23.2 Å². The standard InChI is InChI=1S/C22H34F2N4O2/c1-3-13-29-19-8-5-16(20(14-19)30-21(23)24)15-26-22(25-4-2)27-17-9-11-28(12-10-17)18-6-7-18/h5,8,14,17-18,21H,3-4,6-7,9-13,15H2,1-2H3,(H2,25,26,27). The molecule has 1 heterocycles. The van der Waals surface area contributed by atoms with Gasteiger partial charge in [0.15, 0.2) is 5.96 Å². The van der Waals surface area contributed by atoms with Gasteiger partial charge in [-0.1, -0.05) is 6.92 Å². The summed E-state index contributed by atoms with van der Waals surface area (Å²) in [6.07, 6.45) is 5.70. The van der Waals surface area contributed by atoms with E-state index in [1.54, 1.807) is 12.1 Å². The number of nitrogens with one attached hydrogen (secondary N) is 2. The van der Waals surface area contributed by atoms with Crippen molar-refractivity contribution in [1.29, 1.82) is 0 Å². The number of piperidine rings is 1. The summed E-state index contributed by atoms with van der Waals surface area (Å²) in [6.45, 7) is 4.85. The first-order valence-corrected chi connectivity index (χ1v) is 11.1. The molecule has 1 aliphatic heterocycles. The quantitative estimate of drug-likeness (QED) is 0.442. The third kappa shape index (κ3) is 7.00. The van der Waals surface area contributed by atoms with E-state index in [2.05, 4.69) is 20.5 Å². The van der Waals surface area contributed by atoms with Crippen molar-refractivity contribution in [3.63, 3.8) is 0 Å². The van der Waals surface area contributed by atoms with Crippen LogP contribution in [-0.2, 0) is 6.54 Å². The van der Waals surface area contributed by atoms with Crippen molar-refractivity contribution in [2.45, 2.75) is 71.2 Å². The zero-order valence-corrected chi connectivity index (χ0v) is 18.0. The van der Waals surface area contributed by atoms with Crippen LogP contribution in [0.25, 0.3) is 0 Å². The Kier molecular flexibility index (Phi) is 8.54. The molecule has 0 bridgehead atoms. The normalized spacial score (nSPS) is 18.5. The van der Waals surface area contributed by atoms with Gasteiger partial charge in [-0.3, -0.25) is 0 Å². The summed E-state index contributed by atoms with van der Waals surface area (Å²) in [5.41, 5.74) is 0.597. The smallest absolute Gasteiger partial charge is 0.387 e. The van der Waals surface area contributed by atoms with Crippen molar-refractivity contribution >= 4 is 5.96 Å². The molecule has 168 valence electrons. The van der Waals surface area contributed by atoms with Crippen molar-refractivity contribution < 1.29 is 18.3 Å².